The van der Waals surface area contributed by atoms with Gasteiger partial charge >= 0.3 is 0 Å². The first-order valence-corrected chi connectivity index (χ1v) is 6.48. The zero-order chi connectivity index (χ0) is 11.5. The molecule has 4 bridgehead atoms. The third-order valence-corrected chi connectivity index (χ3v) is 4.79. The molecule has 3 atom stereocenters. The summed E-state index contributed by atoms with van der Waals surface area (Å²) in [5.74, 6) is 1.90. The summed E-state index contributed by atoms with van der Waals surface area (Å²) in [5, 5.41) is 3.56. The number of piperidine rings is 2. The van der Waals surface area contributed by atoms with E-state index in [1.165, 1.54) is 13.1 Å². The normalized spacial score (nSPS) is 47.6. The van der Waals surface area contributed by atoms with Crippen LogP contribution in [0.1, 0.15) is 5.76 Å². The maximum atomic E-state index is 5.76. The van der Waals surface area contributed by atoms with Crippen molar-refractivity contribution >= 4 is 0 Å². The molecule has 5 heterocycles. The van der Waals surface area contributed by atoms with Gasteiger partial charge in [0.15, 0.2) is 0 Å². The lowest BCUT2D eigenvalue weighted by Crippen LogP contribution is -2.77. The highest BCUT2D eigenvalue weighted by Crippen LogP contribution is 2.44. The average molecular weight is 233 g/mol. The Morgan fingerprint density at radius 2 is 2.12 bits per heavy atom. The number of hydrogen-bond acceptors (Lipinski definition) is 4. The van der Waals surface area contributed by atoms with E-state index in [0.29, 0.717) is 6.04 Å². The van der Waals surface area contributed by atoms with E-state index in [1.807, 2.05) is 12.3 Å². The molecule has 4 aliphatic rings. The highest BCUT2D eigenvalue weighted by Gasteiger charge is 2.57. The summed E-state index contributed by atoms with van der Waals surface area (Å²) >= 11 is 0. The second-order valence-corrected chi connectivity index (χ2v) is 5.82. The van der Waals surface area contributed by atoms with E-state index in [-0.39, 0.29) is 5.41 Å². The highest BCUT2D eigenvalue weighted by molar-refractivity contribution is 5.26. The summed E-state index contributed by atoms with van der Waals surface area (Å²) in [6.07, 6.45) is 1.81. The van der Waals surface area contributed by atoms with Gasteiger partial charge in [0.1, 0.15) is 5.76 Å². The smallest absolute Gasteiger partial charge is 0.114 e. The van der Waals surface area contributed by atoms with E-state index < -0.39 is 0 Å². The van der Waals surface area contributed by atoms with Gasteiger partial charge in [0, 0.05) is 38.1 Å². The Kier molecular flexibility index (Phi) is 1.99. The largest absolute Gasteiger partial charge is 0.469 e. The molecule has 3 unspecified atom stereocenters. The maximum Gasteiger partial charge on any atom is 0.114 e. The molecule has 0 aromatic carbocycles. The van der Waals surface area contributed by atoms with Crippen molar-refractivity contribution in [2.75, 3.05) is 39.9 Å². The third kappa shape index (κ3) is 1.23. The van der Waals surface area contributed by atoms with Crippen molar-refractivity contribution in [3.8, 4) is 0 Å². The first kappa shape index (κ1) is 10.1. The Morgan fingerprint density at radius 3 is 2.71 bits per heavy atom. The molecule has 1 aromatic heterocycles. The quantitative estimate of drug-likeness (QED) is 0.797. The molecule has 4 heteroatoms. The van der Waals surface area contributed by atoms with Crippen LogP contribution in [-0.2, 0) is 5.41 Å². The minimum atomic E-state index is 0.164. The lowest BCUT2D eigenvalue weighted by Gasteiger charge is -2.62. The predicted octanol–water partition coefficient (Wildman–Crippen LogP) is 0.324. The van der Waals surface area contributed by atoms with Crippen LogP contribution in [0.5, 0.6) is 0 Å². The monoisotopic (exact) mass is 233 g/mol. The molecule has 1 aromatic rings. The van der Waals surface area contributed by atoms with E-state index in [2.05, 4.69) is 28.2 Å². The lowest BCUT2D eigenvalue weighted by atomic mass is 9.65. The van der Waals surface area contributed by atoms with Crippen molar-refractivity contribution in [1.29, 1.82) is 0 Å². The molecule has 5 rings (SSSR count). The standard InChI is InChI=1S/C13H19N3O/c1-14-12-10-5-15-7-13(12,8-16(6-10)9-15)11-3-2-4-17-11/h2-4,10,12,14H,5-9H2,1H3. The van der Waals surface area contributed by atoms with Crippen molar-refractivity contribution in [3.05, 3.63) is 24.2 Å². The third-order valence-electron chi connectivity index (χ3n) is 4.79. The highest BCUT2D eigenvalue weighted by atomic mass is 16.3. The van der Waals surface area contributed by atoms with Gasteiger partial charge in [-0.05, 0) is 19.2 Å². The number of rotatable bonds is 2. The molecule has 0 spiro atoms. The van der Waals surface area contributed by atoms with Crippen LogP contribution in [-0.4, -0.2) is 55.7 Å². The molecular formula is C13H19N3O. The number of likely N-dealkylation sites (N-methyl/N-ethyl adjacent to an activating group) is 1. The molecule has 92 valence electrons. The summed E-state index contributed by atoms with van der Waals surface area (Å²) in [5.41, 5.74) is 0.164. The molecule has 0 radical (unpaired) electrons. The van der Waals surface area contributed by atoms with Crippen LogP contribution in [0.4, 0.5) is 0 Å². The fourth-order valence-electron chi connectivity index (χ4n) is 4.44. The fourth-order valence-corrected chi connectivity index (χ4v) is 4.44. The minimum Gasteiger partial charge on any atom is -0.469 e. The van der Waals surface area contributed by atoms with Crippen molar-refractivity contribution in [2.45, 2.75) is 11.5 Å². The first-order valence-electron chi connectivity index (χ1n) is 6.48. The van der Waals surface area contributed by atoms with Gasteiger partial charge in [0.2, 0.25) is 0 Å². The van der Waals surface area contributed by atoms with Crippen LogP contribution in [0.3, 0.4) is 0 Å². The summed E-state index contributed by atoms with van der Waals surface area (Å²) < 4.78 is 5.76. The van der Waals surface area contributed by atoms with Crippen molar-refractivity contribution in [2.24, 2.45) is 5.92 Å². The van der Waals surface area contributed by atoms with Gasteiger partial charge in [-0.2, -0.15) is 0 Å². The van der Waals surface area contributed by atoms with Crippen molar-refractivity contribution in [3.63, 3.8) is 0 Å². The fraction of sp³-hybridized carbons (Fsp3) is 0.692. The Morgan fingerprint density at radius 1 is 1.35 bits per heavy atom. The SMILES string of the molecule is CNC1C2CN3CN(C2)CC1(c1ccco1)C3. The van der Waals surface area contributed by atoms with Crippen LogP contribution in [0, 0.1) is 5.92 Å². The van der Waals surface area contributed by atoms with Gasteiger partial charge in [-0.15, -0.1) is 0 Å². The molecule has 4 aliphatic heterocycles. The number of hydrogen-bond donors (Lipinski definition) is 1. The van der Waals surface area contributed by atoms with Crippen LogP contribution < -0.4 is 5.32 Å². The Labute approximate surface area is 102 Å². The molecular weight excluding hydrogens is 214 g/mol. The first-order chi connectivity index (χ1) is 8.32. The minimum absolute atomic E-state index is 0.164. The average Bonchev–Trinajstić information content (AvgIpc) is 2.81. The van der Waals surface area contributed by atoms with Gasteiger partial charge in [0.05, 0.1) is 18.3 Å². The van der Waals surface area contributed by atoms with Crippen LogP contribution >= 0.6 is 0 Å². The van der Waals surface area contributed by atoms with E-state index in [0.717, 1.165) is 31.4 Å². The Bertz CT molecular complexity index is 402. The van der Waals surface area contributed by atoms with Gasteiger partial charge in [0.25, 0.3) is 0 Å². The van der Waals surface area contributed by atoms with E-state index in [4.69, 9.17) is 4.42 Å². The number of nitrogens with zero attached hydrogens (tertiary/aromatic N) is 2. The van der Waals surface area contributed by atoms with E-state index >= 15 is 0 Å². The molecule has 0 aliphatic carbocycles. The molecule has 1 N–H and O–H groups in total. The predicted molar refractivity (Wildman–Crippen MR) is 64.7 cm³/mol. The molecule has 0 saturated carbocycles. The summed E-state index contributed by atoms with van der Waals surface area (Å²) in [6, 6.07) is 4.73. The van der Waals surface area contributed by atoms with Crippen LogP contribution in [0.2, 0.25) is 0 Å². The lowest BCUT2D eigenvalue weighted by molar-refractivity contribution is -0.112. The second-order valence-electron chi connectivity index (χ2n) is 5.82. The van der Waals surface area contributed by atoms with Crippen LogP contribution in [0.15, 0.2) is 22.8 Å². The van der Waals surface area contributed by atoms with E-state index in [1.54, 1.807) is 0 Å². The van der Waals surface area contributed by atoms with Gasteiger partial charge < -0.3 is 9.73 Å². The second kappa shape index (κ2) is 3.34. The Hall–Kier alpha value is -0.840. The van der Waals surface area contributed by atoms with Crippen molar-refractivity contribution < 1.29 is 4.42 Å². The molecule has 4 saturated heterocycles. The van der Waals surface area contributed by atoms with Gasteiger partial charge in [-0.25, -0.2) is 0 Å². The number of furan rings is 1. The maximum absolute atomic E-state index is 5.76. The van der Waals surface area contributed by atoms with E-state index in [9.17, 15) is 0 Å². The summed E-state index contributed by atoms with van der Waals surface area (Å²) in [4.78, 5) is 5.15. The van der Waals surface area contributed by atoms with Crippen molar-refractivity contribution in [1.82, 2.24) is 15.1 Å². The molecule has 0 amide bonds. The summed E-state index contributed by atoms with van der Waals surface area (Å²) in [7, 11) is 2.10. The zero-order valence-electron chi connectivity index (χ0n) is 10.2. The molecule has 4 nitrogen and oxygen atoms in total. The topological polar surface area (TPSA) is 31.6 Å². The zero-order valence-corrected chi connectivity index (χ0v) is 10.2. The summed E-state index contributed by atoms with van der Waals surface area (Å²) in [6.45, 7) is 5.91. The Balaban J connectivity index is 1.81. The number of nitrogens with one attached hydrogen (secondary N) is 1. The van der Waals surface area contributed by atoms with Gasteiger partial charge in [-0.1, -0.05) is 0 Å². The molecule has 17 heavy (non-hydrogen) atoms. The van der Waals surface area contributed by atoms with Crippen LogP contribution in [0.25, 0.3) is 0 Å². The van der Waals surface area contributed by atoms with Gasteiger partial charge in [-0.3, -0.25) is 9.80 Å². The molecule has 4 fully saturated rings.